The highest BCUT2D eigenvalue weighted by atomic mass is 79.9. The van der Waals surface area contributed by atoms with E-state index >= 15 is 0 Å². The molecule has 2 aromatic rings. The van der Waals surface area contributed by atoms with E-state index in [1.54, 1.807) is 12.1 Å². The van der Waals surface area contributed by atoms with Gasteiger partial charge in [0.05, 0.1) is 3.79 Å². The third-order valence-corrected chi connectivity index (χ3v) is 7.37. The lowest BCUT2D eigenvalue weighted by Crippen LogP contribution is -2.28. The van der Waals surface area contributed by atoms with E-state index in [1.165, 1.54) is 24.2 Å². The number of thiophene rings is 1. The minimum absolute atomic E-state index is 0.278. The van der Waals surface area contributed by atoms with Crippen molar-refractivity contribution in [1.29, 1.82) is 0 Å². The van der Waals surface area contributed by atoms with Gasteiger partial charge in [0.1, 0.15) is 21.7 Å². The molecule has 3 heterocycles. The molecule has 1 fully saturated rings. The molecule has 0 aromatic carbocycles. The summed E-state index contributed by atoms with van der Waals surface area (Å²) in [5.74, 6) is 2.35. The van der Waals surface area contributed by atoms with Gasteiger partial charge in [-0.15, -0.1) is 11.3 Å². The maximum Gasteiger partial charge on any atom is 0.250 e. The fourth-order valence-electron chi connectivity index (χ4n) is 2.64. The van der Waals surface area contributed by atoms with Gasteiger partial charge in [-0.1, -0.05) is 0 Å². The van der Waals surface area contributed by atoms with Crippen molar-refractivity contribution in [3.8, 4) is 0 Å². The van der Waals surface area contributed by atoms with Gasteiger partial charge in [-0.05, 0) is 47.8 Å². The molecule has 1 aliphatic rings. The SMILES string of the molecule is Cc1nc(NCCNS(=O)(=O)c2ccc(Br)s2)cc(N2CCCC2)n1. The Bertz CT molecular complexity index is 834. The van der Waals surface area contributed by atoms with Crippen molar-refractivity contribution in [3.63, 3.8) is 0 Å². The summed E-state index contributed by atoms with van der Waals surface area (Å²) in [7, 11) is -3.47. The summed E-state index contributed by atoms with van der Waals surface area (Å²) in [4.78, 5) is 11.1. The Hall–Kier alpha value is -1.23. The molecule has 2 aromatic heterocycles. The Morgan fingerprint density at radius 3 is 2.68 bits per heavy atom. The second-order valence-corrected chi connectivity index (χ2v) is 10.2. The Morgan fingerprint density at radius 2 is 2.00 bits per heavy atom. The average molecular weight is 446 g/mol. The van der Waals surface area contributed by atoms with Crippen molar-refractivity contribution in [2.75, 3.05) is 36.4 Å². The molecule has 7 nitrogen and oxygen atoms in total. The Morgan fingerprint density at radius 1 is 1.24 bits per heavy atom. The fourth-order valence-corrected chi connectivity index (χ4v) is 5.73. The number of hydrogen-bond donors (Lipinski definition) is 2. The molecule has 10 heteroatoms. The van der Waals surface area contributed by atoms with E-state index in [-0.39, 0.29) is 6.54 Å². The van der Waals surface area contributed by atoms with Crippen LogP contribution >= 0.6 is 27.3 Å². The van der Waals surface area contributed by atoms with Gasteiger partial charge in [0.25, 0.3) is 0 Å². The third-order valence-electron chi connectivity index (χ3n) is 3.79. The van der Waals surface area contributed by atoms with Crippen molar-refractivity contribution in [2.24, 2.45) is 0 Å². The van der Waals surface area contributed by atoms with Crippen LogP contribution in [0.1, 0.15) is 18.7 Å². The van der Waals surface area contributed by atoms with Gasteiger partial charge < -0.3 is 10.2 Å². The van der Waals surface area contributed by atoms with Crippen LogP contribution in [0.2, 0.25) is 0 Å². The van der Waals surface area contributed by atoms with E-state index in [4.69, 9.17) is 0 Å². The van der Waals surface area contributed by atoms with Crippen molar-refractivity contribution in [1.82, 2.24) is 14.7 Å². The maximum absolute atomic E-state index is 12.2. The topological polar surface area (TPSA) is 87.2 Å². The number of rotatable bonds is 7. The first-order valence-corrected chi connectivity index (χ1v) is 11.1. The van der Waals surface area contributed by atoms with Crippen LogP contribution in [0.3, 0.4) is 0 Å². The Labute approximate surface area is 160 Å². The zero-order valence-electron chi connectivity index (χ0n) is 13.8. The maximum atomic E-state index is 12.2. The molecule has 2 N–H and O–H groups in total. The summed E-state index contributed by atoms with van der Waals surface area (Å²) < 4.78 is 28.0. The first kappa shape index (κ1) is 18.6. The number of hydrogen-bond acceptors (Lipinski definition) is 7. The summed E-state index contributed by atoms with van der Waals surface area (Å²) in [6.45, 7) is 4.63. The zero-order chi connectivity index (χ0) is 17.9. The second-order valence-electron chi connectivity index (χ2n) is 5.74. The van der Waals surface area contributed by atoms with Gasteiger partial charge in [0, 0.05) is 32.2 Å². The lowest BCUT2D eigenvalue weighted by atomic mass is 10.4. The highest BCUT2D eigenvalue weighted by molar-refractivity contribution is 9.11. The standard InChI is InChI=1S/C15H20BrN5O2S2/c1-11-19-13(10-14(20-11)21-8-2-3-9-21)17-6-7-18-25(22,23)15-5-4-12(16)24-15/h4-5,10,18H,2-3,6-9H2,1H3,(H,17,19,20). The van der Waals surface area contributed by atoms with Crippen molar-refractivity contribution in [3.05, 3.63) is 27.8 Å². The van der Waals surface area contributed by atoms with E-state index in [1.807, 2.05) is 13.0 Å². The Kier molecular flexibility index (Phi) is 5.92. The predicted octanol–water partition coefficient (Wildman–Crippen LogP) is 2.60. The monoisotopic (exact) mass is 445 g/mol. The molecule has 0 unspecified atom stereocenters. The van der Waals surface area contributed by atoms with E-state index in [9.17, 15) is 8.42 Å². The third kappa shape index (κ3) is 4.90. The second kappa shape index (κ2) is 7.98. The molecule has 3 rings (SSSR count). The summed E-state index contributed by atoms with van der Waals surface area (Å²) in [5.41, 5.74) is 0. The van der Waals surface area contributed by atoms with Crippen LogP contribution in [0.15, 0.2) is 26.2 Å². The largest absolute Gasteiger partial charge is 0.369 e. The molecular formula is C15H20BrN5O2S2. The number of sulfonamides is 1. The van der Waals surface area contributed by atoms with Crippen molar-refractivity contribution >= 4 is 48.9 Å². The summed E-state index contributed by atoms with van der Waals surface area (Å²) in [5, 5.41) is 3.17. The number of nitrogens with one attached hydrogen (secondary N) is 2. The van der Waals surface area contributed by atoms with E-state index in [0.717, 1.165) is 22.7 Å². The molecule has 1 aliphatic heterocycles. The molecule has 0 radical (unpaired) electrons. The highest BCUT2D eigenvalue weighted by Gasteiger charge is 2.16. The number of anilines is 2. The molecule has 25 heavy (non-hydrogen) atoms. The van der Waals surface area contributed by atoms with Crippen molar-refractivity contribution in [2.45, 2.75) is 24.0 Å². The van der Waals surface area contributed by atoms with Gasteiger partial charge >= 0.3 is 0 Å². The first-order valence-electron chi connectivity index (χ1n) is 8.03. The van der Waals surface area contributed by atoms with Crippen molar-refractivity contribution < 1.29 is 8.42 Å². The molecule has 0 amide bonds. The molecular weight excluding hydrogens is 426 g/mol. The van der Waals surface area contributed by atoms with Crippen LogP contribution in [0, 0.1) is 6.92 Å². The molecule has 1 saturated heterocycles. The van der Waals surface area contributed by atoms with Gasteiger partial charge in [-0.2, -0.15) is 0 Å². The van der Waals surface area contributed by atoms with E-state index in [0.29, 0.717) is 22.4 Å². The van der Waals surface area contributed by atoms with Crippen LogP contribution in [0.25, 0.3) is 0 Å². The molecule has 0 spiro atoms. The van der Waals surface area contributed by atoms with Crippen LogP contribution in [0.4, 0.5) is 11.6 Å². The number of aromatic nitrogens is 2. The average Bonchev–Trinajstić information content (AvgIpc) is 3.23. The number of aryl methyl sites for hydroxylation is 1. The fraction of sp³-hybridized carbons (Fsp3) is 0.467. The number of nitrogens with zero attached hydrogens (tertiary/aromatic N) is 3. The quantitative estimate of drug-likeness (QED) is 0.636. The van der Waals surface area contributed by atoms with E-state index < -0.39 is 10.0 Å². The van der Waals surface area contributed by atoms with Gasteiger partial charge in [0.15, 0.2) is 0 Å². The summed E-state index contributed by atoms with van der Waals surface area (Å²) in [6.07, 6.45) is 2.37. The normalized spacial score (nSPS) is 14.9. The van der Waals surface area contributed by atoms with Crippen LogP contribution in [-0.4, -0.2) is 44.6 Å². The van der Waals surface area contributed by atoms with Gasteiger partial charge in [-0.3, -0.25) is 0 Å². The first-order chi connectivity index (χ1) is 11.9. The van der Waals surface area contributed by atoms with Crippen LogP contribution < -0.4 is 14.9 Å². The zero-order valence-corrected chi connectivity index (χ0v) is 17.0. The number of halogens is 1. The summed E-state index contributed by atoms with van der Waals surface area (Å²) in [6, 6.07) is 5.23. The minimum atomic E-state index is -3.47. The van der Waals surface area contributed by atoms with Gasteiger partial charge in [-0.25, -0.2) is 23.1 Å². The molecule has 0 saturated carbocycles. The molecule has 0 bridgehead atoms. The van der Waals surface area contributed by atoms with Crippen LogP contribution in [-0.2, 0) is 10.0 Å². The smallest absolute Gasteiger partial charge is 0.250 e. The van der Waals surface area contributed by atoms with E-state index in [2.05, 4.69) is 40.8 Å². The minimum Gasteiger partial charge on any atom is -0.369 e. The lowest BCUT2D eigenvalue weighted by Gasteiger charge is -2.17. The predicted molar refractivity (Wildman–Crippen MR) is 104 cm³/mol. The highest BCUT2D eigenvalue weighted by Crippen LogP contribution is 2.25. The van der Waals surface area contributed by atoms with Crippen LogP contribution in [0.5, 0.6) is 0 Å². The molecule has 0 aliphatic carbocycles. The molecule has 136 valence electrons. The van der Waals surface area contributed by atoms with Gasteiger partial charge in [0.2, 0.25) is 10.0 Å². The Balaban J connectivity index is 1.55. The molecule has 0 atom stereocenters. The summed E-state index contributed by atoms with van der Waals surface area (Å²) >= 11 is 4.46. The lowest BCUT2D eigenvalue weighted by molar-refractivity contribution is 0.585.